The average Bonchev–Trinajstić information content (AvgIpc) is 3.14. The molecule has 2 aromatic heterocycles. The van der Waals surface area contributed by atoms with E-state index in [1.807, 2.05) is 38.1 Å². The monoisotopic (exact) mass is 326 g/mol. The maximum Gasteiger partial charge on any atom is 0.209 e. The molecule has 3 heterocycles. The first-order chi connectivity index (χ1) is 11.7. The summed E-state index contributed by atoms with van der Waals surface area (Å²) in [5.74, 6) is 1.73. The lowest BCUT2D eigenvalue weighted by atomic mass is 10.2. The zero-order valence-corrected chi connectivity index (χ0v) is 14.2. The zero-order chi connectivity index (χ0) is 16.5. The Morgan fingerprint density at radius 2 is 1.71 bits per heavy atom. The lowest BCUT2D eigenvalue weighted by molar-refractivity contribution is 0.114. The average molecular weight is 326 g/mol. The van der Waals surface area contributed by atoms with Crippen molar-refractivity contribution in [1.29, 1.82) is 0 Å². The predicted octanol–water partition coefficient (Wildman–Crippen LogP) is 2.75. The van der Waals surface area contributed by atoms with Gasteiger partial charge < -0.3 is 8.94 Å². The van der Waals surface area contributed by atoms with Gasteiger partial charge in [-0.2, -0.15) is 0 Å². The molecule has 0 saturated carbocycles. The number of benzene rings is 1. The maximum absolute atomic E-state index is 5.83. The number of oxazole rings is 1. The van der Waals surface area contributed by atoms with Crippen LogP contribution in [0.15, 0.2) is 33.2 Å². The standard InChI is InChI=1S/C18H22N4O2/c1-13-15(14(2)24-20-13)11-21-7-9-22(10-8-21)12-18-19-16-5-3-4-6-17(16)23-18/h3-6H,7-12H2,1-2H3. The fraction of sp³-hybridized carbons (Fsp3) is 0.444. The number of aromatic nitrogens is 2. The van der Waals surface area contributed by atoms with Crippen molar-refractivity contribution in [2.24, 2.45) is 0 Å². The van der Waals surface area contributed by atoms with Gasteiger partial charge in [0.2, 0.25) is 5.89 Å². The van der Waals surface area contributed by atoms with Gasteiger partial charge in [0.15, 0.2) is 5.58 Å². The van der Waals surface area contributed by atoms with Gasteiger partial charge in [-0.25, -0.2) is 4.98 Å². The molecule has 0 unspecified atom stereocenters. The molecule has 6 nitrogen and oxygen atoms in total. The number of hydrogen-bond donors (Lipinski definition) is 0. The summed E-state index contributed by atoms with van der Waals surface area (Å²) < 4.78 is 11.1. The van der Waals surface area contributed by atoms with Gasteiger partial charge in [0.25, 0.3) is 0 Å². The molecule has 1 aromatic carbocycles. The molecule has 0 aliphatic carbocycles. The van der Waals surface area contributed by atoms with Gasteiger partial charge >= 0.3 is 0 Å². The number of fused-ring (bicyclic) bond motifs is 1. The van der Waals surface area contributed by atoms with Gasteiger partial charge in [0.1, 0.15) is 11.3 Å². The van der Waals surface area contributed by atoms with Crippen molar-refractivity contribution in [3.63, 3.8) is 0 Å². The lowest BCUT2D eigenvalue weighted by Gasteiger charge is -2.33. The molecule has 0 N–H and O–H groups in total. The number of para-hydroxylation sites is 2. The summed E-state index contributed by atoms with van der Waals surface area (Å²) in [7, 11) is 0. The van der Waals surface area contributed by atoms with Crippen molar-refractivity contribution >= 4 is 11.1 Å². The van der Waals surface area contributed by atoms with E-state index in [0.717, 1.165) is 67.7 Å². The Hall–Kier alpha value is -2.18. The summed E-state index contributed by atoms with van der Waals surface area (Å²) in [6.45, 7) is 9.78. The Morgan fingerprint density at radius 3 is 2.38 bits per heavy atom. The van der Waals surface area contributed by atoms with E-state index in [-0.39, 0.29) is 0 Å². The second kappa shape index (κ2) is 6.37. The first-order valence-corrected chi connectivity index (χ1v) is 8.40. The Labute approximate surface area is 141 Å². The van der Waals surface area contributed by atoms with Crippen LogP contribution in [0.25, 0.3) is 11.1 Å². The number of nitrogens with zero attached hydrogens (tertiary/aromatic N) is 4. The Morgan fingerprint density at radius 1 is 1.00 bits per heavy atom. The van der Waals surface area contributed by atoms with Crippen molar-refractivity contribution in [2.45, 2.75) is 26.9 Å². The van der Waals surface area contributed by atoms with E-state index in [1.54, 1.807) is 0 Å². The molecule has 24 heavy (non-hydrogen) atoms. The van der Waals surface area contributed by atoms with Crippen LogP contribution in [-0.4, -0.2) is 46.1 Å². The van der Waals surface area contributed by atoms with E-state index >= 15 is 0 Å². The van der Waals surface area contributed by atoms with Gasteiger partial charge in [-0.3, -0.25) is 9.80 Å². The molecule has 0 bridgehead atoms. The van der Waals surface area contributed by atoms with Crippen LogP contribution in [0.2, 0.25) is 0 Å². The highest BCUT2D eigenvalue weighted by Gasteiger charge is 2.21. The lowest BCUT2D eigenvalue weighted by Crippen LogP contribution is -2.45. The molecule has 0 radical (unpaired) electrons. The van der Waals surface area contributed by atoms with Crippen LogP contribution < -0.4 is 0 Å². The van der Waals surface area contributed by atoms with Crippen LogP contribution >= 0.6 is 0 Å². The van der Waals surface area contributed by atoms with Crippen LogP contribution in [-0.2, 0) is 13.1 Å². The summed E-state index contributed by atoms with van der Waals surface area (Å²) in [4.78, 5) is 9.42. The summed E-state index contributed by atoms with van der Waals surface area (Å²) in [6.07, 6.45) is 0. The highest BCUT2D eigenvalue weighted by molar-refractivity contribution is 5.72. The third kappa shape index (κ3) is 3.07. The van der Waals surface area contributed by atoms with Crippen molar-refractivity contribution in [1.82, 2.24) is 19.9 Å². The van der Waals surface area contributed by atoms with Crippen LogP contribution in [0.1, 0.15) is 22.9 Å². The molecular weight excluding hydrogens is 304 g/mol. The van der Waals surface area contributed by atoms with Gasteiger partial charge in [-0.1, -0.05) is 17.3 Å². The molecule has 6 heteroatoms. The molecular formula is C18H22N4O2. The van der Waals surface area contributed by atoms with Crippen LogP contribution in [0.4, 0.5) is 0 Å². The Bertz CT molecular complexity index is 778. The normalized spacial score (nSPS) is 16.9. The molecule has 126 valence electrons. The van der Waals surface area contributed by atoms with Crippen LogP contribution in [0, 0.1) is 13.8 Å². The minimum absolute atomic E-state index is 0.772. The largest absolute Gasteiger partial charge is 0.439 e. The van der Waals surface area contributed by atoms with E-state index in [2.05, 4.69) is 19.9 Å². The highest BCUT2D eigenvalue weighted by atomic mass is 16.5. The topological polar surface area (TPSA) is 58.5 Å². The number of rotatable bonds is 4. The van der Waals surface area contributed by atoms with Crippen molar-refractivity contribution in [3.8, 4) is 0 Å². The quantitative estimate of drug-likeness (QED) is 0.735. The molecule has 1 aliphatic heterocycles. The summed E-state index contributed by atoms with van der Waals surface area (Å²) in [5.41, 5.74) is 4.03. The molecule has 0 spiro atoms. The molecule has 4 rings (SSSR count). The molecule has 1 fully saturated rings. The molecule has 0 atom stereocenters. The third-order valence-corrected chi connectivity index (χ3v) is 4.72. The second-order valence-electron chi connectivity index (χ2n) is 6.43. The fourth-order valence-corrected chi connectivity index (χ4v) is 3.24. The predicted molar refractivity (Wildman–Crippen MR) is 90.5 cm³/mol. The van der Waals surface area contributed by atoms with Crippen molar-refractivity contribution in [2.75, 3.05) is 26.2 Å². The summed E-state index contributed by atoms with van der Waals surface area (Å²) >= 11 is 0. The van der Waals surface area contributed by atoms with Gasteiger partial charge in [-0.15, -0.1) is 0 Å². The summed E-state index contributed by atoms with van der Waals surface area (Å²) in [5, 5.41) is 4.04. The molecule has 1 aliphatic rings. The van der Waals surface area contributed by atoms with Crippen LogP contribution in [0.5, 0.6) is 0 Å². The molecule has 0 amide bonds. The number of aryl methyl sites for hydroxylation is 2. The third-order valence-electron chi connectivity index (χ3n) is 4.72. The van der Waals surface area contributed by atoms with Crippen molar-refractivity contribution < 1.29 is 8.94 Å². The Kier molecular flexibility index (Phi) is 4.08. The fourth-order valence-electron chi connectivity index (χ4n) is 3.24. The number of piperazine rings is 1. The molecule has 3 aromatic rings. The number of hydrogen-bond acceptors (Lipinski definition) is 6. The minimum atomic E-state index is 0.772. The van der Waals surface area contributed by atoms with E-state index in [9.17, 15) is 0 Å². The van der Waals surface area contributed by atoms with Gasteiger partial charge in [-0.05, 0) is 26.0 Å². The Balaban J connectivity index is 1.34. The molecule has 1 saturated heterocycles. The van der Waals surface area contributed by atoms with E-state index < -0.39 is 0 Å². The minimum Gasteiger partial charge on any atom is -0.439 e. The first kappa shape index (κ1) is 15.4. The first-order valence-electron chi connectivity index (χ1n) is 8.40. The SMILES string of the molecule is Cc1noc(C)c1CN1CCN(Cc2nc3ccccc3o2)CC1. The van der Waals surface area contributed by atoms with Crippen molar-refractivity contribution in [3.05, 3.63) is 47.2 Å². The van der Waals surface area contributed by atoms with Crippen LogP contribution in [0.3, 0.4) is 0 Å². The smallest absolute Gasteiger partial charge is 0.209 e. The van der Waals surface area contributed by atoms with E-state index in [1.165, 1.54) is 5.56 Å². The highest BCUT2D eigenvalue weighted by Crippen LogP contribution is 2.18. The second-order valence-corrected chi connectivity index (χ2v) is 6.43. The zero-order valence-electron chi connectivity index (χ0n) is 14.2. The van der Waals surface area contributed by atoms with E-state index in [4.69, 9.17) is 8.94 Å². The van der Waals surface area contributed by atoms with E-state index in [0.29, 0.717) is 0 Å². The van der Waals surface area contributed by atoms with Gasteiger partial charge in [0, 0.05) is 38.3 Å². The van der Waals surface area contributed by atoms with Gasteiger partial charge in [0.05, 0.1) is 12.2 Å². The maximum atomic E-state index is 5.83. The summed E-state index contributed by atoms with van der Waals surface area (Å²) in [6, 6.07) is 7.92.